The van der Waals surface area contributed by atoms with Crippen molar-refractivity contribution in [1.82, 2.24) is 0 Å². The van der Waals surface area contributed by atoms with Crippen molar-refractivity contribution in [2.75, 3.05) is 5.73 Å². The standard InChI is InChI=1S/C19H20N2/c1-3-18(15-8-5-4-6-9-15)19(21)12-14(2)16-10-7-11-17(20)13-16/h3-13H,1,20-21H2,2H3/b14-12+,19-18-. The van der Waals surface area contributed by atoms with Crippen LogP contribution in [0.2, 0.25) is 0 Å². The van der Waals surface area contributed by atoms with Crippen molar-refractivity contribution < 1.29 is 0 Å². The van der Waals surface area contributed by atoms with Gasteiger partial charge in [-0.1, -0.05) is 55.1 Å². The molecule has 2 aromatic carbocycles. The van der Waals surface area contributed by atoms with Crippen LogP contribution < -0.4 is 11.5 Å². The van der Waals surface area contributed by atoms with Crippen molar-refractivity contribution in [3.05, 3.63) is 90.2 Å². The van der Waals surface area contributed by atoms with Gasteiger partial charge in [-0.15, -0.1) is 0 Å². The van der Waals surface area contributed by atoms with Crippen LogP contribution in [0.25, 0.3) is 11.1 Å². The zero-order valence-corrected chi connectivity index (χ0v) is 12.2. The average molecular weight is 276 g/mol. The Morgan fingerprint density at radius 2 is 1.67 bits per heavy atom. The molecule has 4 N–H and O–H groups in total. The molecule has 0 aliphatic heterocycles. The molecule has 0 aliphatic carbocycles. The molecule has 0 aliphatic rings. The second-order valence-electron chi connectivity index (χ2n) is 4.89. The predicted molar refractivity (Wildman–Crippen MR) is 92.3 cm³/mol. The molecule has 0 heterocycles. The number of benzene rings is 2. The minimum absolute atomic E-state index is 0.691. The highest BCUT2D eigenvalue weighted by atomic mass is 14.6. The van der Waals surface area contributed by atoms with Gasteiger partial charge in [0.05, 0.1) is 0 Å². The second kappa shape index (κ2) is 6.62. The minimum Gasteiger partial charge on any atom is -0.399 e. The zero-order chi connectivity index (χ0) is 15.2. The highest BCUT2D eigenvalue weighted by molar-refractivity contribution is 5.80. The molecule has 2 rings (SSSR count). The number of nitrogen functional groups attached to an aromatic ring is 1. The van der Waals surface area contributed by atoms with Crippen LogP contribution in [0.4, 0.5) is 5.69 Å². The first-order chi connectivity index (χ1) is 10.1. The van der Waals surface area contributed by atoms with Crippen LogP contribution in [-0.2, 0) is 0 Å². The third-order valence-electron chi connectivity index (χ3n) is 3.31. The lowest BCUT2D eigenvalue weighted by Crippen LogP contribution is -1.99. The molecule has 0 amide bonds. The third-order valence-corrected chi connectivity index (χ3v) is 3.31. The monoisotopic (exact) mass is 276 g/mol. The van der Waals surface area contributed by atoms with Gasteiger partial charge in [-0.3, -0.25) is 0 Å². The fourth-order valence-electron chi connectivity index (χ4n) is 2.20. The van der Waals surface area contributed by atoms with Gasteiger partial charge in [0.2, 0.25) is 0 Å². The molecule has 0 unspecified atom stereocenters. The van der Waals surface area contributed by atoms with E-state index >= 15 is 0 Å². The maximum Gasteiger partial charge on any atom is 0.0396 e. The van der Waals surface area contributed by atoms with Crippen molar-refractivity contribution in [2.45, 2.75) is 6.92 Å². The van der Waals surface area contributed by atoms with E-state index in [9.17, 15) is 0 Å². The number of rotatable bonds is 4. The number of anilines is 1. The quantitative estimate of drug-likeness (QED) is 0.648. The molecule has 106 valence electrons. The normalized spacial score (nSPS) is 12.7. The Balaban J connectivity index is 2.42. The first-order valence-electron chi connectivity index (χ1n) is 6.83. The molecular formula is C19H20N2. The molecule has 2 nitrogen and oxygen atoms in total. The molecule has 2 aromatic rings. The summed E-state index contributed by atoms with van der Waals surface area (Å²) in [6, 6.07) is 17.8. The van der Waals surface area contributed by atoms with Crippen molar-refractivity contribution in [1.29, 1.82) is 0 Å². The van der Waals surface area contributed by atoms with Crippen molar-refractivity contribution >= 4 is 16.8 Å². The summed E-state index contributed by atoms with van der Waals surface area (Å²) >= 11 is 0. The van der Waals surface area contributed by atoms with E-state index in [1.165, 1.54) is 0 Å². The van der Waals surface area contributed by atoms with Gasteiger partial charge in [-0.25, -0.2) is 0 Å². The SMILES string of the molecule is C=C/C(=C(N)\C=C(/C)c1cccc(N)c1)c1ccccc1. The molecule has 21 heavy (non-hydrogen) atoms. The van der Waals surface area contributed by atoms with E-state index in [1.54, 1.807) is 6.08 Å². The van der Waals surface area contributed by atoms with Crippen LogP contribution in [-0.4, -0.2) is 0 Å². The molecule has 0 bridgehead atoms. The Morgan fingerprint density at radius 3 is 2.29 bits per heavy atom. The summed E-state index contributed by atoms with van der Waals surface area (Å²) in [5.74, 6) is 0. The predicted octanol–water partition coefficient (Wildman–Crippen LogP) is 4.23. The first kappa shape index (κ1) is 14.7. The summed E-state index contributed by atoms with van der Waals surface area (Å²) < 4.78 is 0. The van der Waals surface area contributed by atoms with Crippen LogP contribution in [0.5, 0.6) is 0 Å². The van der Waals surface area contributed by atoms with Gasteiger partial charge in [-0.2, -0.15) is 0 Å². The van der Waals surface area contributed by atoms with Gasteiger partial charge in [0, 0.05) is 17.0 Å². The van der Waals surface area contributed by atoms with Crippen LogP contribution >= 0.6 is 0 Å². The summed E-state index contributed by atoms with van der Waals surface area (Å²) in [6.45, 7) is 5.89. The molecule has 2 heteroatoms. The van der Waals surface area contributed by atoms with Gasteiger partial charge in [-0.05, 0) is 41.8 Å². The number of allylic oxidation sites excluding steroid dienone is 4. The highest BCUT2D eigenvalue weighted by Gasteiger charge is 2.03. The Bertz CT molecular complexity index is 695. The van der Waals surface area contributed by atoms with E-state index < -0.39 is 0 Å². The molecule has 0 radical (unpaired) electrons. The molecule has 0 fully saturated rings. The van der Waals surface area contributed by atoms with E-state index in [4.69, 9.17) is 11.5 Å². The maximum absolute atomic E-state index is 6.24. The second-order valence-corrected chi connectivity index (χ2v) is 4.89. The minimum atomic E-state index is 0.691. The Labute approximate surface area is 126 Å². The van der Waals surface area contributed by atoms with E-state index in [0.717, 1.165) is 28.0 Å². The third kappa shape index (κ3) is 3.63. The molecular weight excluding hydrogens is 256 g/mol. The van der Waals surface area contributed by atoms with Crippen LogP contribution in [0.1, 0.15) is 18.1 Å². The summed E-state index contributed by atoms with van der Waals surface area (Å²) in [5, 5.41) is 0. The smallest absolute Gasteiger partial charge is 0.0396 e. The topological polar surface area (TPSA) is 52.0 Å². The van der Waals surface area contributed by atoms with Gasteiger partial charge >= 0.3 is 0 Å². The van der Waals surface area contributed by atoms with E-state index in [-0.39, 0.29) is 0 Å². The number of nitrogens with two attached hydrogens (primary N) is 2. The van der Waals surface area contributed by atoms with Crippen LogP contribution in [0.3, 0.4) is 0 Å². The molecule has 0 saturated heterocycles. The number of hydrogen-bond acceptors (Lipinski definition) is 2. The van der Waals surface area contributed by atoms with Crippen LogP contribution in [0.15, 0.2) is 79.0 Å². The summed E-state index contributed by atoms with van der Waals surface area (Å²) in [7, 11) is 0. The lowest BCUT2D eigenvalue weighted by molar-refractivity contribution is 1.41. The Morgan fingerprint density at radius 1 is 1.00 bits per heavy atom. The zero-order valence-electron chi connectivity index (χ0n) is 12.2. The highest BCUT2D eigenvalue weighted by Crippen LogP contribution is 2.22. The van der Waals surface area contributed by atoms with E-state index in [1.807, 2.05) is 67.6 Å². The van der Waals surface area contributed by atoms with Crippen molar-refractivity contribution in [3.8, 4) is 0 Å². The summed E-state index contributed by atoms with van der Waals surface area (Å²) in [5.41, 5.74) is 17.6. The fourth-order valence-corrected chi connectivity index (χ4v) is 2.20. The van der Waals surface area contributed by atoms with Crippen LogP contribution in [0, 0.1) is 0 Å². The Kier molecular flexibility index (Phi) is 4.62. The largest absolute Gasteiger partial charge is 0.399 e. The molecule has 0 atom stereocenters. The summed E-state index contributed by atoms with van der Waals surface area (Å²) in [4.78, 5) is 0. The molecule has 0 saturated carbocycles. The maximum atomic E-state index is 6.24. The lowest BCUT2D eigenvalue weighted by Gasteiger charge is -2.08. The number of hydrogen-bond donors (Lipinski definition) is 2. The Hall–Kier alpha value is -2.74. The van der Waals surface area contributed by atoms with Gasteiger partial charge in [0.15, 0.2) is 0 Å². The van der Waals surface area contributed by atoms with Crippen molar-refractivity contribution in [2.24, 2.45) is 5.73 Å². The fraction of sp³-hybridized carbons (Fsp3) is 0.0526. The average Bonchev–Trinajstić information content (AvgIpc) is 2.49. The molecule has 0 aromatic heterocycles. The van der Waals surface area contributed by atoms with Gasteiger partial charge in [0.1, 0.15) is 0 Å². The molecule has 0 spiro atoms. The summed E-state index contributed by atoms with van der Waals surface area (Å²) in [6.07, 6.45) is 3.74. The lowest BCUT2D eigenvalue weighted by atomic mass is 10.0. The van der Waals surface area contributed by atoms with Crippen molar-refractivity contribution in [3.63, 3.8) is 0 Å². The van der Waals surface area contributed by atoms with Gasteiger partial charge < -0.3 is 11.5 Å². The van der Waals surface area contributed by atoms with E-state index in [0.29, 0.717) is 5.70 Å². The van der Waals surface area contributed by atoms with Gasteiger partial charge in [0.25, 0.3) is 0 Å². The first-order valence-corrected chi connectivity index (χ1v) is 6.83. The van der Waals surface area contributed by atoms with E-state index in [2.05, 4.69) is 6.58 Å².